The number of hydrogen-bond acceptors (Lipinski definition) is 4. The van der Waals surface area contributed by atoms with Crippen LogP contribution in [0.1, 0.15) is 28.3 Å². The molecule has 1 aliphatic heterocycles. The van der Waals surface area contributed by atoms with Gasteiger partial charge in [0.2, 0.25) is 0 Å². The maximum atomic E-state index is 13.5. The first-order valence-electron chi connectivity index (χ1n) is 8.85. The van der Waals surface area contributed by atoms with Crippen LogP contribution in [0.25, 0.3) is 5.69 Å². The van der Waals surface area contributed by atoms with Crippen molar-refractivity contribution >= 4 is 17.3 Å². The van der Waals surface area contributed by atoms with Crippen LogP contribution in [-0.4, -0.2) is 39.5 Å². The highest BCUT2D eigenvalue weighted by molar-refractivity contribution is 6.35. The Morgan fingerprint density at radius 2 is 1.83 bits per heavy atom. The molecular formula is C20H17ClF3N5. The second-order valence-electron chi connectivity index (χ2n) is 6.98. The molecule has 0 unspecified atom stereocenters. The van der Waals surface area contributed by atoms with Crippen molar-refractivity contribution in [2.45, 2.75) is 19.3 Å². The van der Waals surface area contributed by atoms with E-state index in [1.165, 1.54) is 6.07 Å². The van der Waals surface area contributed by atoms with Crippen molar-refractivity contribution in [2.75, 3.05) is 14.1 Å². The van der Waals surface area contributed by atoms with Crippen molar-refractivity contribution < 1.29 is 13.2 Å². The van der Waals surface area contributed by atoms with Gasteiger partial charge in [0.1, 0.15) is 6.54 Å². The summed E-state index contributed by atoms with van der Waals surface area (Å²) in [5.74, 6) is 1.02. The molecule has 0 saturated heterocycles. The van der Waals surface area contributed by atoms with Crippen LogP contribution >= 0.6 is 11.6 Å². The summed E-state index contributed by atoms with van der Waals surface area (Å²) in [7, 11) is 3.72. The van der Waals surface area contributed by atoms with Crippen molar-refractivity contribution in [1.82, 2.24) is 19.7 Å². The first kappa shape index (κ1) is 19.6. The molecule has 0 fully saturated rings. The number of hydrogen-bond donors (Lipinski definition) is 0. The Balaban J connectivity index is 1.98. The Kier molecular flexibility index (Phi) is 4.92. The zero-order chi connectivity index (χ0) is 20.8. The van der Waals surface area contributed by atoms with E-state index in [4.69, 9.17) is 11.6 Å². The number of alkyl halides is 3. The van der Waals surface area contributed by atoms with E-state index in [1.54, 1.807) is 22.8 Å². The fraction of sp³-hybridized carbons (Fsp3) is 0.250. The number of halogens is 4. The van der Waals surface area contributed by atoms with E-state index in [2.05, 4.69) is 15.2 Å². The van der Waals surface area contributed by atoms with E-state index in [9.17, 15) is 13.2 Å². The van der Waals surface area contributed by atoms with Crippen molar-refractivity contribution in [3.05, 3.63) is 75.8 Å². The van der Waals surface area contributed by atoms with Gasteiger partial charge in [-0.1, -0.05) is 35.9 Å². The van der Waals surface area contributed by atoms with Gasteiger partial charge < -0.3 is 4.90 Å². The number of rotatable bonds is 3. The van der Waals surface area contributed by atoms with Crippen LogP contribution in [0.15, 0.2) is 47.5 Å². The average molecular weight is 420 g/mol. The van der Waals surface area contributed by atoms with Crippen LogP contribution in [0, 0.1) is 0 Å². The topological polar surface area (TPSA) is 46.3 Å². The summed E-state index contributed by atoms with van der Waals surface area (Å²) in [4.78, 5) is 6.52. The first-order valence-corrected chi connectivity index (χ1v) is 9.22. The molecule has 1 aliphatic rings. The molecule has 9 heteroatoms. The lowest BCUT2D eigenvalue weighted by molar-refractivity contribution is -0.137. The van der Waals surface area contributed by atoms with Gasteiger partial charge in [-0.2, -0.15) is 13.2 Å². The number of aliphatic imine (C=N–C) groups is 1. The summed E-state index contributed by atoms with van der Waals surface area (Å²) in [6, 6.07) is 10.8. The lowest BCUT2D eigenvalue weighted by Gasteiger charge is -2.17. The molecule has 150 valence electrons. The summed E-state index contributed by atoms with van der Waals surface area (Å²) >= 11 is 6.36. The summed E-state index contributed by atoms with van der Waals surface area (Å²) in [6.45, 7) is 0.598. The van der Waals surface area contributed by atoms with Crippen LogP contribution < -0.4 is 0 Å². The normalized spacial score (nSPS) is 13.7. The molecule has 1 aromatic heterocycles. The standard InChI is InChI=1S/C20H17ClF3N5/c1-28(2)11-18-27-26-17-10-25-19(13-5-3-4-6-15(13)21)14-8-7-12(20(22,23)24)9-16(14)29(17)18/h3-9H,10-11H2,1-2H3. The van der Waals surface area contributed by atoms with Gasteiger partial charge in [0.25, 0.3) is 0 Å². The van der Waals surface area contributed by atoms with Crippen molar-refractivity contribution in [3.8, 4) is 5.69 Å². The Morgan fingerprint density at radius 1 is 1.07 bits per heavy atom. The largest absolute Gasteiger partial charge is 0.416 e. The van der Waals surface area contributed by atoms with Gasteiger partial charge >= 0.3 is 6.18 Å². The van der Waals surface area contributed by atoms with Gasteiger partial charge in [-0.3, -0.25) is 9.56 Å². The molecule has 2 aromatic carbocycles. The van der Waals surface area contributed by atoms with Crippen molar-refractivity contribution in [1.29, 1.82) is 0 Å². The van der Waals surface area contributed by atoms with Crippen LogP contribution in [-0.2, 0) is 19.3 Å². The maximum Gasteiger partial charge on any atom is 0.416 e. The van der Waals surface area contributed by atoms with Crippen LogP contribution in [0.4, 0.5) is 13.2 Å². The molecular weight excluding hydrogens is 403 g/mol. The molecule has 0 saturated carbocycles. The van der Waals surface area contributed by atoms with E-state index in [0.29, 0.717) is 45.7 Å². The smallest absolute Gasteiger partial charge is 0.302 e. The quantitative estimate of drug-likeness (QED) is 0.634. The molecule has 29 heavy (non-hydrogen) atoms. The van der Waals surface area contributed by atoms with Crippen molar-refractivity contribution in [3.63, 3.8) is 0 Å². The van der Waals surface area contributed by atoms with Gasteiger partial charge in [0.05, 0.1) is 23.5 Å². The summed E-state index contributed by atoms with van der Waals surface area (Å²) < 4.78 is 42.0. The lowest BCUT2D eigenvalue weighted by Crippen LogP contribution is -2.17. The zero-order valence-electron chi connectivity index (χ0n) is 15.7. The Labute approximate surface area is 170 Å². The molecule has 0 bridgehead atoms. The Hall–Kier alpha value is -2.71. The molecule has 0 aliphatic carbocycles. The second-order valence-corrected chi connectivity index (χ2v) is 7.39. The van der Waals surface area contributed by atoms with E-state index in [0.717, 1.165) is 12.1 Å². The van der Waals surface area contributed by atoms with Gasteiger partial charge in [0, 0.05) is 16.1 Å². The SMILES string of the molecule is CN(C)Cc1nnc2n1-c1cc(C(F)(F)F)ccc1C(c1ccccc1Cl)=NC2. The third-order valence-corrected chi connectivity index (χ3v) is 4.91. The molecule has 0 N–H and O–H groups in total. The second kappa shape index (κ2) is 7.27. The molecule has 3 aromatic rings. The Bertz CT molecular complexity index is 1100. The molecule has 0 spiro atoms. The fourth-order valence-corrected chi connectivity index (χ4v) is 3.56. The maximum absolute atomic E-state index is 13.5. The van der Waals surface area contributed by atoms with E-state index >= 15 is 0 Å². The number of nitrogens with zero attached hydrogens (tertiary/aromatic N) is 5. The highest BCUT2D eigenvalue weighted by Crippen LogP contribution is 2.35. The third-order valence-electron chi connectivity index (χ3n) is 4.58. The molecule has 5 nitrogen and oxygen atoms in total. The number of benzene rings is 2. The van der Waals surface area contributed by atoms with Gasteiger partial charge in [-0.25, -0.2) is 0 Å². The summed E-state index contributed by atoms with van der Waals surface area (Å²) in [6.07, 6.45) is -4.47. The highest BCUT2D eigenvalue weighted by Gasteiger charge is 2.33. The van der Waals surface area contributed by atoms with Gasteiger partial charge in [-0.15, -0.1) is 10.2 Å². The van der Waals surface area contributed by atoms with E-state index in [1.807, 2.05) is 25.1 Å². The minimum absolute atomic E-state index is 0.178. The summed E-state index contributed by atoms with van der Waals surface area (Å²) in [5, 5.41) is 8.83. The molecule has 0 atom stereocenters. The first-order chi connectivity index (χ1) is 13.8. The molecule has 4 rings (SSSR count). The molecule has 0 amide bonds. The van der Waals surface area contributed by atoms with Crippen LogP contribution in [0.2, 0.25) is 5.02 Å². The Morgan fingerprint density at radius 3 is 2.52 bits per heavy atom. The predicted molar refractivity (Wildman–Crippen MR) is 105 cm³/mol. The average Bonchev–Trinajstić information content (AvgIpc) is 2.96. The predicted octanol–water partition coefficient (Wildman–Crippen LogP) is 4.35. The summed E-state index contributed by atoms with van der Waals surface area (Å²) in [5.41, 5.74) is 1.33. The number of aromatic nitrogens is 3. The number of fused-ring (bicyclic) bond motifs is 3. The van der Waals surface area contributed by atoms with Crippen LogP contribution in [0.5, 0.6) is 0 Å². The van der Waals surface area contributed by atoms with Crippen molar-refractivity contribution in [2.24, 2.45) is 4.99 Å². The van der Waals surface area contributed by atoms with Crippen LogP contribution in [0.3, 0.4) is 0 Å². The highest BCUT2D eigenvalue weighted by atomic mass is 35.5. The zero-order valence-corrected chi connectivity index (χ0v) is 16.5. The minimum atomic E-state index is -4.47. The third kappa shape index (κ3) is 3.65. The lowest BCUT2D eigenvalue weighted by atomic mass is 9.98. The van der Waals surface area contributed by atoms with Gasteiger partial charge in [0.15, 0.2) is 11.6 Å². The van der Waals surface area contributed by atoms with E-state index < -0.39 is 11.7 Å². The monoisotopic (exact) mass is 419 g/mol. The van der Waals surface area contributed by atoms with E-state index in [-0.39, 0.29) is 6.54 Å². The fourth-order valence-electron chi connectivity index (χ4n) is 3.33. The molecule has 2 heterocycles. The minimum Gasteiger partial charge on any atom is -0.302 e. The van der Waals surface area contributed by atoms with Gasteiger partial charge in [-0.05, 0) is 32.3 Å². The molecule has 0 radical (unpaired) electrons.